The van der Waals surface area contributed by atoms with E-state index in [1.807, 2.05) is 58.6 Å². The predicted molar refractivity (Wildman–Crippen MR) is 110 cm³/mol. The first-order valence-electron chi connectivity index (χ1n) is 8.55. The van der Waals surface area contributed by atoms with Crippen molar-refractivity contribution in [2.75, 3.05) is 20.2 Å². The van der Waals surface area contributed by atoms with E-state index in [-0.39, 0.29) is 12.6 Å². The number of thiophene rings is 2. The molecule has 0 aliphatic rings. The van der Waals surface area contributed by atoms with Crippen LogP contribution in [-0.2, 0) is 12.0 Å². The van der Waals surface area contributed by atoms with Gasteiger partial charge in [-0.05, 0) is 52.4 Å². The lowest BCUT2D eigenvalue weighted by Gasteiger charge is -2.27. The lowest BCUT2D eigenvalue weighted by molar-refractivity contribution is 0.0864. The fourth-order valence-electron chi connectivity index (χ4n) is 2.73. The van der Waals surface area contributed by atoms with Crippen LogP contribution in [0.2, 0.25) is 0 Å². The maximum absolute atomic E-state index is 12.2. The molecule has 0 radical (unpaired) electrons. The van der Waals surface area contributed by atoms with Crippen molar-refractivity contribution < 1.29 is 14.6 Å². The van der Waals surface area contributed by atoms with Crippen LogP contribution in [0.3, 0.4) is 0 Å². The number of methoxy groups -OCH3 is 1. The van der Waals surface area contributed by atoms with Gasteiger partial charge in [-0.1, -0.05) is 18.2 Å². The minimum atomic E-state index is -1.22. The number of hydrogen-bond acceptors (Lipinski definition) is 5. The Morgan fingerprint density at radius 1 is 1.15 bits per heavy atom. The smallest absolute Gasteiger partial charge is 0.314 e. The van der Waals surface area contributed by atoms with Crippen molar-refractivity contribution in [3.8, 4) is 5.75 Å². The highest BCUT2D eigenvalue weighted by atomic mass is 32.1. The number of benzene rings is 1. The molecular weight excluding hydrogens is 380 g/mol. The lowest BCUT2D eigenvalue weighted by Crippen LogP contribution is -2.45. The van der Waals surface area contributed by atoms with Crippen LogP contribution < -0.4 is 15.4 Å². The van der Waals surface area contributed by atoms with E-state index in [4.69, 9.17) is 4.74 Å². The number of rotatable bonds is 8. The highest BCUT2D eigenvalue weighted by Crippen LogP contribution is 2.33. The van der Waals surface area contributed by atoms with Gasteiger partial charge < -0.3 is 20.5 Å². The molecule has 2 aromatic heterocycles. The number of amides is 2. The van der Waals surface area contributed by atoms with Gasteiger partial charge in [0.2, 0.25) is 0 Å². The van der Waals surface area contributed by atoms with Gasteiger partial charge in [-0.2, -0.15) is 11.3 Å². The number of hydrogen-bond donors (Lipinski definition) is 3. The van der Waals surface area contributed by atoms with E-state index in [2.05, 4.69) is 10.6 Å². The molecule has 0 saturated carbocycles. The molecule has 0 spiro atoms. The van der Waals surface area contributed by atoms with Crippen LogP contribution in [0, 0.1) is 0 Å². The summed E-state index contributed by atoms with van der Waals surface area (Å²) in [6.07, 6.45) is 0.719. The fraction of sp³-hybridized carbons (Fsp3) is 0.250. The van der Waals surface area contributed by atoms with Crippen LogP contribution in [0.1, 0.15) is 16.0 Å². The predicted octanol–water partition coefficient (Wildman–Crippen LogP) is 3.60. The molecule has 0 saturated heterocycles. The second-order valence-corrected chi connectivity index (χ2v) is 7.78. The van der Waals surface area contributed by atoms with Gasteiger partial charge in [0.05, 0.1) is 13.7 Å². The van der Waals surface area contributed by atoms with Gasteiger partial charge in [-0.15, -0.1) is 11.3 Å². The number of urea groups is 1. The molecule has 142 valence electrons. The minimum Gasteiger partial charge on any atom is -0.497 e. The molecule has 0 aliphatic heterocycles. The quantitative estimate of drug-likeness (QED) is 0.539. The first-order chi connectivity index (χ1) is 13.1. The van der Waals surface area contributed by atoms with E-state index in [9.17, 15) is 9.90 Å². The number of carbonyl (C=O) groups is 1. The first kappa shape index (κ1) is 19.4. The third-order valence-corrected chi connectivity index (χ3v) is 5.99. The van der Waals surface area contributed by atoms with Gasteiger partial charge in [-0.25, -0.2) is 4.79 Å². The summed E-state index contributed by atoms with van der Waals surface area (Å²) in [7, 11) is 1.63. The molecule has 5 nitrogen and oxygen atoms in total. The molecule has 1 atom stereocenters. The maximum atomic E-state index is 12.2. The van der Waals surface area contributed by atoms with E-state index < -0.39 is 5.60 Å². The van der Waals surface area contributed by atoms with Crippen molar-refractivity contribution in [2.24, 2.45) is 0 Å². The molecule has 2 heterocycles. The van der Waals surface area contributed by atoms with Gasteiger partial charge in [0, 0.05) is 17.0 Å². The summed E-state index contributed by atoms with van der Waals surface area (Å²) in [6, 6.07) is 13.1. The van der Waals surface area contributed by atoms with Crippen LogP contribution in [0.5, 0.6) is 5.75 Å². The number of carbonyl (C=O) groups excluding carboxylic acids is 1. The third kappa shape index (κ3) is 4.88. The zero-order chi connectivity index (χ0) is 19.1. The Morgan fingerprint density at radius 3 is 2.59 bits per heavy atom. The second kappa shape index (κ2) is 9.03. The highest BCUT2D eigenvalue weighted by Gasteiger charge is 2.33. The molecule has 0 aliphatic carbocycles. The van der Waals surface area contributed by atoms with E-state index >= 15 is 0 Å². The van der Waals surface area contributed by atoms with Crippen LogP contribution in [0.15, 0.2) is 58.6 Å². The van der Waals surface area contributed by atoms with Crippen LogP contribution in [0.4, 0.5) is 4.79 Å². The Bertz CT molecular complexity index is 797. The summed E-state index contributed by atoms with van der Waals surface area (Å²) in [4.78, 5) is 13.0. The summed E-state index contributed by atoms with van der Waals surface area (Å²) in [6.45, 7) is 0.618. The van der Waals surface area contributed by atoms with Gasteiger partial charge in [0.1, 0.15) is 11.4 Å². The second-order valence-electron chi connectivity index (χ2n) is 6.06. The third-order valence-electron chi connectivity index (χ3n) is 4.29. The van der Waals surface area contributed by atoms with E-state index in [0.29, 0.717) is 6.54 Å². The molecule has 1 unspecified atom stereocenters. The van der Waals surface area contributed by atoms with E-state index in [1.165, 1.54) is 22.7 Å². The van der Waals surface area contributed by atoms with Crippen molar-refractivity contribution >= 4 is 28.7 Å². The molecule has 0 fully saturated rings. The van der Waals surface area contributed by atoms with Crippen LogP contribution in [0.25, 0.3) is 0 Å². The first-order valence-corrected chi connectivity index (χ1v) is 10.4. The van der Waals surface area contributed by atoms with Crippen molar-refractivity contribution in [1.82, 2.24) is 10.6 Å². The van der Waals surface area contributed by atoms with E-state index in [1.54, 1.807) is 7.11 Å². The Labute approximate surface area is 166 Å². The van der Waals surface area contributed by atoms with E-state index in [0.717, 1.165) is 28.2 Å². The van der Waals surface area contributed by atoms with Gasteiger partial charge in [0.25, 0.3) is 0 Å². The molecule has 7 heteroatoms. The standard InChI is InChI=1S/C20H22N2O3S2/c1-25-17-6-4-15(5-7-17)8-10-21-19(23)22-14-20(24,16-9-12-26-13-16)18-3-2-11-27-18/h2-7,9,11-13,24H,8,10,14H2,1H3,(H2,21,22,23). The number of ether oxygens (including phenoxy) is 1. The topological polar surface area (TPSA) is 70.6 Å². The molecule has 0 bridgehead atoms. The lowest BCUT2D eigenvalue weighted by atomic mass is 9.94. The Morgan fingerprint density at radius 2 is 1.96 bits per heavy atom. The molecule has 27 heavy (non-hydrogen) atoms. The van der Waals surface area contributed by atoms with Gasteiger partial charge in [-0.3, -0.25) is 0 Å². The van der Waals surface area contributed by atoms with Crippen LogP contribution in [-0.4, -0.2) is 31.3 Å². The van der Waals surface area contributed by atoms with Crippen molar-refractivity contribution in [3.05, 3.63) is 74.6 Å². The zero-order valence-corrected chi connectivity index (χ0v) is 16.6. The average molecular weight is 403 g/mol. The maximum Gasteiger partial charge on any atom is 0.314 e. The fourth-order valence-corrected chi connectivity index (χ4v) is 4.30. The highest BCUT2D eigenvalue weighted by molar-refractivity contribution is 7.10. The van der Waals surface area contributed by atoms with Gasteiger partial charge >= 0.3 is 6.03 Å². The SMILES string of the molecule is COc1ccc(CCNC(=O)NCC(O)(c2ccsc2)c2cccs2)cc1. The molecule has 3 rings (SSSR count). The molecule has 1 aromatic carbocycles. The molecule has 3 N–H and O–H groups in total. The van der Waals surface area contributed by atoms with Crippen LogP contribution >= 0.6 is 22.7 Å². The van der Waals surface area contributed by atoms with Crippen molar-refractivity contribution in [2.45, 2.75) is 12.0 Å². The minimum absolute atomic E-state index is 0.110. The number of aliphatic hydroxyl groups is 1. The monoisotopic (exact) mass is 402 g/mol. The summed E-state index contributed by atoms with van der Waals surface area (Å²) in [5.41, 5.74) is 0.680. The average Bonchev–Trinajstić information content (AvgIpc) is 3.41. The number of nitrogens with one attached hydrogen (secondary N) is 2. The zero-order valence-electron chi connectivity index (χ0n) is 15.0. The largest absolute Gasteiger partial charge is 0.497 e. The van der Waals surface area contributed by atoms with Crippen molar-refractivity contribution in [3.63, 3.8) is 0 Å². The van der Waals surface area contributed by atoms with Gasteiger partial charge in [0.15, 0.2) is 0 Å². The molecular formula is C20H22N2O3S2. The normalized spacial score (nSPS) is 13.0. The van der Waals surface area contributed by atoms with Crippen molar-refractivity contribution in [1.29, 1.82) is 0 Å². The Kier molecular flexibility index (Phi) is 6.49. The summed E-state index contributed by atoms with van der Waals surface area (Å²) < 4.78 is 5.14. The molecule has 3 aromatic rings. The summed E-state index contributed by atoms with van der Waals surface area (Å²) in [5, 5.41) is 22.6. The summed E-state index contributed by atoms with van der Waals surface area (Å²) in [5.74, 6) is 0.811. The summed E-state index contributed by atoms with van der Waals surface area (Å²) >= 11 is 2.99. The Hall–Kier alpha value is -2.35. The Balaban J connectivity index is 1.52. The molecule has 2 amide bonds.